The third-order valence-electron chi connectivity index (χ3n) is 5.18. The lowest BCUT2D eigenvalue weighted by Gasteiger charge is -2.13. The van der Waals surface area contributed by atoms with Gasteiger partial charge in [0.1, 0.15) is 5.75 Å². The second-order valence-corrected chi connectivity index (χ2v) is 7.06. The molecule has 30 heavy (non-hydrogen) atoms. The molecule has 1 aliphatic carbocycles. The largest absolute Gasteiger partial charge is 0.496 e. The van der Waals surface area contributed by atoms with E-state index in [1.54, 1.807) is 31.2 Å². The molecule has 3 rings (SSSR count). The zero-order valence-electron chi connectivity index (χ0n) is 17.7. The van der Waals surface area contributed by atoms with Crippen LogP contribution < -0.4 is 14.2 Å². The summed E-state index contributed by atoms with van der Waals surface area (Å²) in [6.07, 6.45) is 5.08. The molecule has 1 aliphatic rings. The summed E-state index contributed by atoms with van der Waals surface area (Å²) in [7, 11) is 4.58. The minimum absolute atomic E-state index is 0.213. The topological polar surface area (TPSA) is 71.1 Å². The molecular formula is C24H26O6. The lowest BCUT2D eigenvalue weighted by Crippen LogP contribution is -2.23. The van der Waals surface area contributed by atoms with E-state index in [0.29, 0.717) is 28.4 Å². The van der Waals surface area contributed by atoms with E-state index in [4.69, 9.17) is 18.9 Å². The van der Waals surface area contributed by atoms with E-state index in [-0.39, 0.29) is 5.78 Å². The Labute approximate surface area is 176 Å². The number of ketones is 1. The molecule has 0 heterocycles. The SMILES string of the molecule is COc1cc(OC)c(OC)cc1/C=C/C(=O)OC(C)C(=O)c1ccc2c(c1)CCC2. The van der Waals surface area contributed by atoms with Crippen LogP contribution >= 0.6 is 0 Å². The van der Waals surface area contributed by atoms with Gasteiger partial charge in [-0.2, -0.15) is 0 Å². The molecule has 0 fully saturated rings. The molecule has 0 radical (unpaired) electrons. The predicted octanol–water partition coefficient (Wildman–Crippen LogP) is 4.03. The molecule has 0 N–H and O–H groups in total. The van der Waals surface area contributed by atoms with Crippen LogP contribution in [0.4, 0.5) is 0 Å². The first-order valence-corrected chi connectivity index (χ1v) is 9.81. The number of esters is 1. The second kappa shape index (κ2) is 9.48. The number of hydrogen-bond acceptors (Lipinski definition) is 6. The van der Waals surface area contributed by atoms with Crippen molar-refractivity contribution in [1.29, 1.82) is 0 Å². The van der Waals surface area contributed by atoms with E-state index < -0.39 is 12.1 Å². The number of hydrogen-bond donors (Lipinski definition) is 0. The summed E-state index contributed by atoms with van der Waals surface area (Å²) >= 11 is 0. The summed E-state index contributed by atoms with van der Waals surface area (Å²) < 4.78 is 21.2. The number of rotatable bonds is 8. The van der Waals surface area contributed by atoms with Crippen LogP contribution in [-0.4, -0.2) is 39.2 Å². The van der Waals surface area contributed by atoms with Crippen LogP contribution in [0.5, 0.6) is 17.2 Å². The first-order valence-electron chi connectivity index (χ1n) is 9.81. The molecular weight excluding hydrogens is 384 g/mol. The predicted molar refractivity (Wildman–Crippen MR) is 113 cm³/mol. The van der Waals surface area contributed by atoms with Crippen LogP contribution in [0.1, 0.15) is 40.4 Å². The number of ether oxygens (including phenoxy) is 4. The Balaban J connectivity index is 1.69. The number of carbonyl (C=O) groups excluding carboxylic acids is 2. The highest BCUT2D eigenvalue weighted by Gasteiger charge is 2.21. The van der Waals surface area contributed by atoms with Crippen molar-refractivity contribution >= 4 is 17.8 Å². The van der Waals surface area contributed by atoms with Crippen molar-refractivity contribution in [2.75, 3.05) is 21.3 Å². The van der Waals surface area contributed by atoms with E-state index in [1.165, 1.54) is 38.5 Å². The van der Waals surface area contributed by atoms with Crippen molar-refractivity contribution in [3.63, 3.8) is 0 Å². The van der Waals surface area contributed by atoms with Gasteiger partial charge in [0.25, 0.3) is 0 Å². The van der Waals surface area contributed by atoms with Crippen LogP contribution in [0.25, 0.3) is 6.08 Å². The van der Waals surface area contributed by atoms with Crippen molar-refractivity contribution < 1.29 is 28.5 Å². The maximum absolute atomic E-state index is 12.7. The third-order valence-corrected chi connectivity index (χ3v) is 5.18. The maximum atomic E-state index is 12.7. The lowest BCUT2D eigenvalue weighted by atomic mass is 10.0. The van der Waals surface area contributed by atoms with Crippen LogP contribution in [-0.2, 0) is 22.4 Å². The summed E-state index contributed by atoms with van der Waals surface area (Å²) in [5.74, 6) is 0.706. The van der Waals surface area contributed by atoms with Gasteiger partial charge in [0, 0.05) is 23.3 Å². The van der Waals surface area contributed by atoms with Gasteiger partial charge in [-0.05, 0) is 55.5 Å². The fraction of sp³-hybridized carbons (Fsp3) is 0.333. The first-order chi connectivity index (χ1) is 14.5. The summed E-state index contributed by atoms with van der Waals surface area (Å²) in [4.78, 5) is 24.9. The van der Waals surface area contributed by atoms with Crippen molar-refractivity contribution in [3.8, 4) is 17.2 Å². The molecule has 0 spiro atoms. The Hall–Kier alpha value is -3.28. The lowest BCUT2D eigenvalue weighted by molar-refractivity contribution is -0.140. The third kappa shape index (κ3) is 4.64. The molecule has 0 saturated carbocycles. The molecule has 2 aromatic rings. The van der Waals surface area contributed by atoms with Gasteiger partial charge >= 0.3 is 5.97 Å². The van der Waals surface area contributed by atoms with E-state index in [9.17, 15) is 9.59 Å². The Kier molecular flexibility index (Phi) is 6.77. The highest BCUT2D eigenvalue weighted by molar-refractivity contribution is 6.01. The highest BCUT2D eigenvalue weighted by atomic mass is 16.5. The first kappa shape index (κ1) is 21.4. The van der Waals surface area contributed by atoms with E-state index in [1.807, 2.05) is 12.1 Å². The Bertz CT molecular complexity index is 976. The highest BCUT2D eigenvalue weighted by Crippen LogP contribution is 2.35. The number of methoxy groups -OCH3 is 3. The summed E-state index contributed by atoms with van der Waals surface area (Å²) in [6, 6.07) is 9.08. The van der Waals surface area contributed by atoms with E-state index >= 15 is 0 Å². The van der Waals surface area contributed by atoms with Crippen molar-refractivity contribution in [2.45, 2.75) is 32.3 Å². The van der Waals surface area contributed by atoms with Gasteiger partial charge in [-0.25, -0.2) is 4.79 Å². The average molecular weight is 410 g/mol. The summed E-state index contributed by atoms with van der Waals surface area (Å²) in [5.41, 5.74) is 3.69. The van der Waals surface area contributed by atoms with Gasteiger partial charge in [-0.3, -0.25) is 4.79 Å². The van der Waals surface area contributed by atoms with E-state index in [0.717, 1.165) is 19.3 Å². The molecule has 158 valence electrons. The molecule has 0 bridgehead atoms. The Morgan fingerprint density at radius 3 is 2.27 bits per heavy atom. The number of benzene rings is 2. The van der Waals surface area contributed by atoms with Gasteiger partial charge in [0.15, 0.2) is 17.6 Å². The number of fused-ring (bicyclic) bond motifs is 1. The van der Waals surface area contributed by atoms with Crippen molar-refractivity contribution in [2.24, 2.45) is 0 Å². The van der Waals surface area contributed by atoms with Gasteiger partial charge in [-0.15, -0.1) is 0 Å². The average Bonchev–Trinajstić information content (AvgIpc) is 3.24. The van der Waals surface area contributed by atoms with Gasteiger partial charge in [0.05, 0.1) is 21.3 Å². The zero-order chi connectivity index (χ0) is 21.7. The zero-order valence-corrected chi connectivity index (χ0v) is 17.7. The van der Waals surface area contributed by atoms with Crippen molar-refractivity contribution in [1.82, 2.24) is 0 Å². The number of aryl methyl sites for hydroxylation is 2. The Morgan fingerprint density at radius 1 is 0.900 bits per heavy atom. The van der Waals surface area contributed by atoms with E-state index in [2.05, 4.69) is 0 Å². The molecule has 1 unspecified atom stereocenters. The smallest absolute Gasteiger partial charge is 0.331 e. The minimum Gasteiger partial charge on any atom is -0.496 e. The number of carbonyl (C=O) groups is 2. The van der Waals surface area contributed by atoms with Crippen LogP contribution in [0.15, 0.2) is 36.4 Å². The minimum atomic E-state index is -0.881. The molecule has 0 aromatic heterocycles. The Morgan fingerprint density at radius 2 is 1.57 bits per heavy atom. The van der Waals surface area contributed by atoms with Crippen molar-refractivity contribution in [3.05, 3.63) is 58.7 Å². The van der Waals surface area contributed by atoms with Gasteiger partial charge in [-0.1, -0.05) is 12.1 Å². The number of Topliss-reactive ketones (excluding diaryl/α,β-unsaturated/α-hetero) is 1. The van der Waals surface area contributed by atoms with Crippen LogP contribution in [0, 0.1) is 0 Å². The summed E-state index contributed by atoms with van der Waals surface area (Å²) in [6.45, 7) is 1.58. The van der Waals surface area contributed by atoms with Gasteiger partial charge < -0.3 is 18.9 Å². The monoisotopic (exact) mass is 410 g/mol. The summed E-state index contributed by atoms with van der Waals surface area (Å²) in [5, 5.41) is 0. The molecule has 0 saturated heterocycles. The molecule has 6 nitrogen and oxygen atoms in total. The molecule has 6 heteroatoms. The van der Waals surface area contributed by atoms with Gasteiger partial charge in [0.2, 0.25) is 5.78 Å². The fourth-order valence-electron chi connectivity index (χ4n) is 3.57. The molecule has 1 atom stereocenters. The quantitative estimate of drug-likeness (QED) is 0.372. The molecule has 2 aromatic carbocycles. The standard InChI is InChI=1S/C24H26O6/c1-15(24(26)19-9-8-16-6-5-7-17(16)12-19)30-23(25)11-10-18-13-21(28-3)22(29-4)14-20(18)27-2/h8-15H,5-7H2,1-4H3/b11-10+. The second-order valence-electron chi connectivity index (χ2n) is 7.06. The molecule has 0 amide bonds. The molecule has 0 aliphatic heterocycles. The normalized spacial score (nSPS) is 13.6. The van der Waals surface area contributed by atoms with Crippen LogP contribution in [0.3, 0.4) is 0 Å². The maximum Gasteiger partial charge on any atom is 0.331 e. The fourth-order valence-corrected chi connectivity index (χ4v) is 3.57. The van der Waals surface area contributed by atoms with Crippen LogP contribution in [0.2, 0.25) is 0 Å².